The summed E-state index contributed by atoms with van der Waals surface area (Å²) in [7, 11) is 0. The minimum Gasteiger partial charge on any atom is -0.373 e. The fraction of sp³-hybridized carbons (Fsp3) is 1.00. The van der Waals surface area contributed by atoms with Crippen molar-refractivity contribution in [1.29, 1.82) is 0 Å². The van der Waals surface area contributed by atoms with Crippen molar-refractivity contribution in [2.75, 3.05) is 11.9 Å². The second-order valence-electron chi connectivity index (χ2n) is 4.26. The molecule has 0 aromatic rings. The number of alkyl halides is 1. The van der Waals surface area contributed by atoms with Crippen LogP contribution in [0.5, 0.6) is 0 Å². The first-order chi connectivity index (χ1) is 6.93. The van der Waals surface area contributed by atoms with Gasteiger partial charge in [0.05, 0.1) is 12.7 Å². The Morgan fingerprint density at radius 1 is 0.857 bits per heavy atom. The molecule has 84 valence electrons. The van der Waals surface area contributed by atoms with Gasteiger partial charge in [-0.1, -0.05) is 60.9 Å². The number of hydrogen-bond acceptors (Lipinski definition) is 1. The Balaban J connectivity index is 1.63. The standard InChI is InChI=1S/C12H23BrO/c13-10-8-6-4-2-1-3-5-7-9-12-11-14-12/h12H,1-11H2. The van der Waals surface area contributed by atoms with Gasteiger partial charge in [0.1, 0.15) is 0 Å². The fourth-order valence-corrected chi connectivity index (χ4v) is 2.16. The van der Waals surface area contributed by atoms with Crippen molar-refractivity contribution in [2.45, 2.75) is 63.9 Å². The molecule has 0 bridgehead atoms. The third kappa shape index (κ3) is 7.81. The Morgan fingerprint density at radius 2 is 1.36 bits per heavy atom. The lowest BCUT2D eigenvalue weighted by Gasteiger charge is -2.00. The van der Waals surface area contributed by atoms with E-state index in [2.05, 4.69) is 15.9 Å². The third-order valence-electron chi connectivity index (χ3n) is 2.81. The lowest BCUT2D eigenvalue weighted by atomic mass is 10.1. The third-order valence-corrected chi connectivity index (χ3v) is 3.37. The Kier molecular flexibility index (Phi) is 7.80. The quantitative estimate of drug-likeness (QED) is 0.325. The Labute approximate surface area is 96.7 Å². The topological polar surface area (TPSA) is 12.5 Å². The highest BCUT2D eigenvalue weighted by molar-refractivity contribution is 9.09. The van der Waals surface area contributed by atoms with Crippen LogP contribution in [0.15, 0.2) is 0 Å². The second kappa shape index (κ2) is 8.72. The molecular weight excluding hydrogens is 240 g/mol. The van der Waals surface area contributed by atoms with Crippen LogP contribution < -0.4 is 0 Å². The molecule has 14 heavy (non-hydrogen) atoms. The van der Waals surface area contributed by atoms with Gasteiger partial charge in [0, 0.05) is 5.33 Å². The van der Waals surface area contributed by atoms with Crippen LogP contribution in [0.4, 0.5) is 0 Å². The molecule has 1 saturated heterocycles. The van der Waals surface area contributed by atoms with Gasteiger partial charge in [-0.3, -0.25) is 0 Å². The van der Waals surface area contributed by atoms with E-state index in [-0.39, 0.29) is 0 Å². The smallest absolute Gasteiger partial charge is 0.0810 e. The molecule has 0 radical (unpaired) electrons. The van der Waals surface area contributed by atoms with Gasteiger partial charge in [0.15, 0.2) is 0 Å². The van der Waals surface area contributed by atoms with Crippen molar-refractivity contribution in [3.63, 3.8) is 0 Å². The van der Waals surface area contributed by atoms with Crippen LogP contribution in [-0.4, -0.2) is 18.0 Å². The summed E-state index contributed by atoms with van der Waals surface area (Å²) in [5.74, 6) is 0. The van der Waals surface area contributed by atoms with Gasteiger partial charge in [0.25, 0.3) is 0 Å². The number of ether oxygens (including phenoxy) is 1. The maximum absolute atomic E-state index is 5.18. The Hall–Kier alpha value is 0.440. The van der Waals surface area contributed by atoms with Gasteiger partial charge >= 0.3 is 0 Å². The lowest BCUT2D eigenvalue weighted by molar-refractivity contribution is 0.387. The van der Waals surface area contributed by atoms with Gasteiger partial charge in [-0.05, 0) is 12.8 Å². The zero-order valence-electron chi connectivity index (χ0n) is 9.14. The molecule has 0 saturated carbocycles. The molecule has 0 aromatic heterocycles. The zero-order chi connectivity index (χ0) is 10.1. The minimum absolute atomic E-state index is 0.647. The SMILES string of the molecule is BrCCCCCCCCCCC1CO1. The summed E-state index contributed by atoms with van der Waals surface area (Å²) in [4.78, 5) is 0. The van der Waals surface area contributed by atoms with E-state index in [4.69, 9.17) is 4.74 Å². The molecule has 0 N–H and O–H groups in total. The Bertz CT molecular complexity index is 123. The van der Waals surface area contributed by atoms with Crippen LogP contribution in [0, 0.1) is 0 Å². The molecule has 0 amide bonds. The van der Waals surface area contributed by atoms with E-state index >= 15 is 0 Å². The summed E-state index contributed by atoms with van der Waals surface area (Å²) in [6.07, 6.45) is 13.2. The molecule has 1 heterocycles. The molecule has 0 aromatic carbocycles. The molecular formula is C12H23BrO. The number of epoxide rings is 1. The first-order valence-electron chi connectivity index (χ1n) is 6.11. The predicted molar refractivity (Wildman–Crippen MR) is 65.1 cm³/mol. The van der Waals surface area contributed by atoms with Crippen molar-refractivity contribution >= 4 is 15.9 Å². The zero-order valence-corrected chi connectivity index (χ0v) is 10.7. The van der Waals surface area contributed by atoms with E-state index in [0.717, 1.165) is 6.61 Å². The maximum Gasteiger partial charge on any atom is 0.0810 e. The largest absolute Gasteiger partial charge is 0.373 e. The van der Waals surface area contributed by atoms with E-state index < -0.39 is 0 Å². The second-order valence-corrected chi connectivity index (χ2v) is 5.05. The Morgan fingerprint density at radius 3 is 1.86 bits per heavy atom. The average Bonchev–Trinajstić information content (AvgIpc) is 2.99. The van der Waals surface area contributed by atoms with Gasteiger partial charge in [-0.15, -0.1) is 0 Å². The molecule has 1 aliphatic rings. The van der Waals surface area contributed by atoms with Crippen LogP contribution in [0.3, 0.4) is 0 Å². The van der Waals surface area contributed by atoms with Crippen LogP contribution in [0.2, 0.25) is 0 Å². The van der Waals surface area contributed by atoms with Crippen molar-refractivity contribution in [1.82, 2.24) is 0 Å². The monoisotopic (exact) mass is 262 g/mol. The average molecular weight is 263 g/mol. The molecule has 1 aliphatic heterocycles. The highest BCUT2D eigenvalue weighted by Crippen LogP contribution is 2.18. The molecule has 0 aliphatic carbocycles. The number of rotatable bonds is 10. The summed E-state index contributed by atoms with van der Waals surface area (Å²) in [6.45, 7) is 1.03. The van der Waals surface area contributed by atoms with Crippen molar-refractivity contribution in [3.05, 3.63) is 0 Å². The van der Waals surface area contributed by atoms with Crippen molar-refractivity contribution in [3.8, 4) is 0 Å². The molecule has 1 unspecified atom stereocenters. The van der Waals surface area contributed by atoms with Crippen molar-refractivity contribution in [2.24, 2.45) is 0 Å². The summed E-state index contributed by atoms with van der Waals surface area (Å²) >= 11 is 3.46. The molecule has 1 fully saturated rings. The van der Waals surface area contributed by atoms with Gasteiger partial charge < -0.3 is 4.74 Å². The van der Waals surface area contributed by atoms with Gasteiger partial charge in [0.2, 0.25) is 0 Å². The van der Waals surface area contributed by atoms with E-state index in [1.165, 1.54) is 63.1 Å². The van der Waals surface area contributed by atoms with Gasteiger partial charge in [-0.2, -0.15) is 0 Å². The normalized spacial score (nSPS) is 19.9. The van der Waals surface area contributed by atoms with E-state index in [1.807, 2.05) is 0 Å². The van der Waals surface area contributed by atoms with E-state index in [0.29, 0.717) is 6.10 Å². The summed E-state index contributed by atoms with van der Waals surface area (Å²) in [5.41, 5.74) is 0. The predicted octanol–water partition coefficient (Wildman–Crippen LogP) is 4.29. The molecule has 0 spiro atoms. The summed E-state index contributed by atoms with van der Waals surface area (Å²) < 4.78 is 5.18. The summed E-state index contributed by atoms with van der Waals surface area (Å²) in [5, 5.41) is 1.17. The summed E-state index contributed by atoms with van der Waals surface area (Å²) in [6, 6.07) is 0. The first-order valence-corrected chi connectivity index (χ1v) is 7.23. The number of unbranched alkanes of at least 4 members (excludes halogenated alkanes) is 7. The minimum atomic E-state index is 0.647. The van der Waals surface area contributed by atoms with Crippen LogP contribution in [0.1, 0.15) is 57.8 Å². The molecule has 1 atom stereocenters. The fourth-order valence-electron chi connectivity index (χ4n) is 1.76. The number of hydrogen-bond donors (Lipinski definition) is 0. The molecule has 2 heteroatoms. The van der Waals surface area contributed by atoms with Crippen LogP contribution in [-0.2, 0) is 4.74 Å². The van der Waals surface area contributed by atoms with Gasteiger partial charge in [-0.25, -0.2) is 0 Å². The maximum atomic E-state index is 5.18. The van der Waals surface area contributed by atoms with Crippen LogP contribution in [0.25, 0.3) is 0 Å². The molecule has 1 rings (SSSR count). The van der Waals surface area contributed by atoms with Crippen LogP contribution >= 0.6 is 15.9 Å². The highest BCUT2D eigenvalue weighted by atomic mass is 79.9. The molecule has 1 nitrogen and oxygen atoms in total. The lowest BCUT2D eigenvalue weighted by Crippen LogP contribution is -1.86. The van der Waals surface area contributed by atoms with Crippen molar-refractivity contribution < 1.29 is 4.74 Å². The van der Waals surface area contributed by atoms with E-state index in [1.54, 1.807) is 0 Å². The first kappa shape index (κ1) is 12.5. The number of halogens is 1. The van der Waals surface area contributed by atoms with E-state index in [9.17, 15) is 0 Å². The highest BCUT2D eigenvalue weighted by Gasteiger charge is 2.20.